The molecule has 2 rings (SSSR count). The molecule has 0 aromatic carbocycles. The first-order valence-electron chi connectivity index (χ1n) is 8.20. The Bertz CT molecular complexity index is 548. The molecule has 0 aliphatic carbocycles. The van der Waals surface area contributed by atoms with Gasteiger partial charge in [0.25, 0.3) is 0 Å². The summed E-state index contributed by atoms with van der Waals surface area (Å²) in [6.07, 6.45) is -4.17. The molecule has 2 heterocycles. The summed E-state index contributed by atoms with van der Waals surface area (Å²) >= 11 is 1.71. The Morgan fingerprint density at radius 1 is 1.29 bits per heavy atom. The molecule has 4 nitrogen and oxygen atoms in total. The summed E-state index contributed by atoms with van der Waals surface area (Å²) in [6, 6.07) is 2.74. The van der Waals surface area contributed by atoms with E-state index in [2.05, 4.69) is 29.4 Å². The van der Waals surface area contributed by atoms with Crippen LogP contribution in [0.25, 0.3) is 0 Å². The summed E-state index contributed by atoms with van der Waals surface area (Å²) in [5, 5.41) is 3.24. The number of thiophene rings is 1. The lowest BCUT2D eigenvalue weighted by Gasteiger charge is -2.39. The van der Waals surface area contributed by atoms with Gasteiger partial charge in [-0.15, -0.1) is 11.3 Å². The van der Waals surface area contributed by atoms with E-state index in [1.165, 1.54) is 21.6 Å². The van der Waals surface area contributed by atoms with Crippen molar-refractivity contribution in [2.24, 2.45) is 4.99 Å². The van der Waals surface area contributed by atoms with Gasteiger partial charge < -0.3 is 10.2 Å². The Morgan fingerprint density at radius 2 is 1.96 bits per heavy atom. The number of piperazine rings is 1. The van der Waals surface area contributed by atoms with Gasteiger partial charge in [0.2, 0.25) is 0 Å². The molecule has 0 amide bonds. The van der Waals surface area contributed by atoms with E-state index in [9.17, 15) is 13.2 Å². The van der Waals surface area contributed by atoms with Crippen LogP contribution in [0.4, 0.5) is 13.2 Å². The molecular formula is C16H25F3N4S. The zero-order chi connectivity index (χ0) is 17.7. The maximum Gasteiger partial charge on any atom is 0.403 e. The highest BCUT2D eigenvalue weighted by Gasteiger charge is 2.41. The molecule has 1 aromatic heterocycles. The predicted molar refractivity (Wildman–Crippen MR) is 92.5 cm³/mol. The lowest BCUT2D eigenvalue weighted by atomic mass is 10.2. The third-order valence-electron chi connectivity index (χ3n) is 4.15. The van der Waals surface area contributed by atoms with E-state index in [1.54, 1.807) is 11.3 Å². The van der Waals surface area contributed by atoms with Crippen LogP contribution < -0.4 is 5.32 Å². The van der Waals surface area contributed by atoms with Crippen LogP contribution in [-0.4, -0.2) is 60.7 Å². The molecule has 1 fully saturated rings. The Kier molecular flexibility index (Phi) is 6.51. The summed E-state index contributed by atoms with van der Waals surface area (Å²) in [6.45, 7) is 8.50. The quantitative estimate of drug-likeness (QED) is 0.660. The van der Waals surface area contributed by atoms with Crippen LogP contribution in [0.1, 0.15) is 23.6 Å². The third kappa shape index (κ3) is 5.11. The third-order valence-corrected chi connectivity index (χ3v) is 5.14. The fourth-order valence-electron chi connectivity index (χ4n) is 2.68. The van der Waals surface area contributed by atoms with Gasteiger partial charge >= 0.3 is 6.18 Å². The van der Waals surface area contributed by atoms with E-state index < -0.39 is 12.2 Å². The van der Waals surface area contributed by atoms with Crippen LogP contribution in [-0.2, 0) is 6.54 Å². The Morgan fingerprint density at radius 3 is 2.46 bits per heavy atom. The van der Waals surface area contributed by atoms with Gasteiger partial charge in [-0.3, -0.25) is 4.90 Å². The lowest BCUT2D eigenvalue weighted by molar-refractivity contribution is -0.181. The average Bonchev–Trinajstić information content (AvgIpc) is 2.95. The highest BCUT2D eigenvalue weighted by molar-refractivity contribution is 7.11. The molecule has 0 radical (unpaired) electrons. The van der Waals surface area contributed by atoms with Gasteiger partial charge in [0.1, 0.15) is 6.04 Å². The van der Waals surface area contributed by atoms with E-state index in [1.807, 2.05) is 11.8 Å². The maximum atomic E-state index is 12.8. The van der Waals surface area contributed by atoms with Gasteiger partial charge in [-0.25, -0.2) is 4.99 Å². The van der Waals surface area contributed by atoms with Crippen molar-refractivity contribution in [2.75, 3.05) is 32.7 Å². The molecule has 8 heteroatoms. The first-order valence-corrected chi connectivity index (χ1v) is 9.02. The van der Waals surface area contributed by atoms with E-state index in [0.29, 0.717) is 32.7 Å². The van der Waals surface area contributed by atoms with Crippen molar-refractivity contribution in [1.82, 2.24) is 15.1 Å². The molecule has 136 valence electrons. The van der Waals surface area contributed by atoms with Crippen molar-refractivity contribution < 1.29 is 13.2 Å². The molecule has 0 saturated carbocycles. The predicted octanol–water partition coefficient (Wildman–Crippen LogP) is 3.09. The smallest absolute Gasteiger partial charge is 0.357 e. The minimum atomic E-state index is -4.17. The van der Waals surface area contributed by atoms with Crippen molar-refractivity contribution in [3.63, 3.8) is 0 Å². The topological polar surface area (TPSA) is 30.9 Å². The first-order chi connectivity index (χ1) is 11.3. The number of aliphatic imine (C=N–C) groups is 1. The second-order valence-electron chi connectivity index (χ2n) is 5.92. The highest BCUT2D eigenvalue weighted by Crippen LogP contribution is 2.25. The molecule has 1 N–H and O–H groups in total. The summed E-state index contributed by atoms with van der Waals surface area (Å²) in [7, 11) is 0. The summed E-state index contributed by atoms with van der Waals surface area (Å²) < 4.78 is 38.5. The molecule has 1 aliphatic rings. The maximum absolute atomic E-state index is 12.8. The molecule has 0 bridgehead atoms. The van der Waals surface area contributed by atoms with Gasteiger partial charge in [0, 0.05) is 42.5 Å². The first kappa shape index (κ1) is 19.1. The molecule has 24 heavy (non-hydrogen) atoms. The molecule has 1 atom stereocenters. The number of aryl methyl sites for hydroxylation is 1. The minimum Gasteiger partial charge on any atom is -0.357 e. The number of nitrogens with one attached hydrogen (secondary N) is 1. The van der Waals surface area contributed by atoms with E-state index in [-0.39, 0.29) is 0 Å². The Hall–Kier alpha value is -1.28. The van der Waals surface area contributed by atoms with Crippen LogP contribution in [0, 0.1) is 6.92 Å². The largest absolute Gasteiger partial charge is 0.403 e. The Labute approximate surface area is 145 Å². The van der Waals surface area contributed by atoms with Crippen LogP contribution in [0.2, 0.25) is 0 Å². The number of halogens is 3. The normalized spacial score (nSPS) is 18.8. The Balaban J connectivity index is 1.95. The molecule has 1 unspecified atom stereocenters. The van der Waals surface area contributed by atoms with Gasteiger partial charge in [-0.2, -0.15) is 13.2 Å². The minimum absolute atomic E-state index is 0.392. The molecule has 1 aromatic rings. The van der Waals surface area contributed by atoms with Crippen molar-refractivity contribution in [3.8, 4) is 0 Å². The SMILES string of the molecule is CCNC(=NCc1ccc(C)s1)N1CCN(C(C)C(F)(F)F)CC1. The van der Waals surface area contributed by atoms with Crippen molar-refractivity contribution >= 4 is 17.3 Å². The van der Waals surface area contributed by atoms with E-state index in [4.69, 9.17) is 0 Å². The fraction of sp³-hybridized carbons (Fsp3) is 0.688. The number of rotatable bonds is 4. The zero-order valence-electron chi connectivity index (χ0n) is 14.4. The van der Waals surface area contributed by atoms with Gasteiger partial charge in [0.05, 0.1) is 6.54 Å². The van der Waals surface area contributed by atoms with Crippen LogP contribution >= 0.6 is 11.3 Å². The van der Waals surface area contributed by atoms with Gasteiger partial charge in [-0.05, 0) is 32.9 Å². The number of nitrogens with zero attached hydrogens (tertiary/aromatic N) is 3. The summed E-state index contributed by atoms with van der Waals surface area (Å²) in [4.78, 5) is 10.6. The van der Waals surface area contributed by atoms with Crippen LogP contribution in [0.5, 0.6) is 0 Å². The molecule has 1 saturated heterocycles. The summed E-state index contributed by atoms with van der Waals surface area (Å²) in [5.74, 6) is 0.780. The standard InChI is InChI=1S/C16H25F3N4S/c1-4-20-15(21-11-14-6-5-12(2)24-14)23-9-7-22(8-10-23)13(3)16(17,18)19/h5-6,13H,4,7-11H2,1-3H3,(H,20,21). The van der Waals surface area contributed by atoms with Crippen LogP contribution in [0.3, 0.4) is 0 Å². The summed E-state index contributed by atoms with van der Waals surface area (Å²) in [5.41, 5.74) is 0. The van der Waals surface area contributed by atoms with E-state index >= 15 is 0 Å². The number of alkyl halides is 3. The monoisotopic (exact) mass is 362 g/mol. The van der Waals surface area contributed by atoms with Crippen LogP contribution in [0.15, 0.2) is 17.1 Å². The van der Waals surface area contributed by atoms with Crippen molar-refractivity contribution in [2.45, 2.75) is 39.5 Å². The van der Waals surface area contributed by atoms with Gasteiger partial charge in [0.15, 0.2) is 5.96 Å². The second-order valence-corrected chi connectivity index (χ2v) is 7.30. The number of guanidine groups is 1. The fourth-order valence-corrected chi connectivity index (χ4v) is 3.49. The van der Waals surface area contributed by atoms with E-state index in [0.717, 1.165) is 12.5 Å². The van der Waals surface area contributed by atoms with Crippen molar-refractivity contribution in [1.29, 1.82) is 0 Å². The average molecular weight is 362 g/mol. The lowest BCUT2D eigenvalue weighted by Crippen LogP contribution is -2.56. The highest BCUT2D eigenvalue weighted by atomic mass is 32.1. The molecular weight excluding hydrogens is 337 g/mol. The van der Waals surface area contributed by atoms with Crippen molar-refractivity contribution in [3.05, 3.63) is 21.9 Å². The zero-order valence-corrected chi connectivity index (χ0v) is 15.2. The number of hydrogen-bond donors (Lipinski definition) is 1. The second kappa shape index (κ2) is 8.20. The molecule has 0 spiro atoms. The number of hydrogen-bond acceptors (Lipinski definition) is 3. The molecule has 1 aliphatic heterocycles. The van der Waals surface area contributed by atoms with Gasteiger partial charge in [-0.1, -0.05) is 0 Å².